The van der Waals surface area contributed by atoms with Gasteiger partial charge >= 0.3 is 0 Å². The molecule has 2 rings (SSSR count). The van der Waals surface area contributed by atoms with E-state index >= 15 is 0 Å². The van der Waals surface area contributed by atoms with E-state index in [-0.39, 0.29) is 6.04 Å². The third-order valence-electron chi connectivity index (χ3n) is 3.20. The van der Waals surface area contributed by atoms with Crippen molar-refractivity contribution >= 4 is 0 Å². The number of hydrogen-bond acceptors (Lipinski definition) is 4. The lowest BCUT2D eigenvalue weighted by Crippen LogP contribution is -2.18. The topological polar surface area (TPSA) is 43.6 Å². The number of nitrogens with one attached hydrogen (secondary N) is 1. The van der Waals surface area contributed by atoms with Crippen LogP contribution in [-0.4, -0.2) is 21.3 Å². The fourth-order valence-corrected chi connectivity index (χ4v) is 2.21. The van der Waals surface area contributed by atoms with Gasteiger partial charge in [0.1, 0.15) is 5.76 Å². The molecule has 102 valence electrons. The highest BCUT2D eigenvalue weighted by Crippen LogP contribution is 2.34. The minimum absolute atomic E-state index is 0.00481. The summed E-state index contributed by atoms with van der Waals surface area (Å²) in [5.74, 6) is 2.32. The van der Waals surface area contributed by atoms with Crippen LogP contribution in [0, 0.1) is 6.92 Å². The third kappa shape index (κ3) is 2.58. The summed E-state index contributed by atoms with van der Waals surface area (Å²) in [6.45, 7) is 2.05. The van der Waals surface area contributed by atoms with Gasteiger partial charge in [-0.3, -0.25) is 0 Å². The molecule has 0 aliphatic heterocycles. The zero-order valence-electron chi connectivity index (χ0n) is 11.7. The quantitative estimate of drug-likeness (QED) is 0.898. The minimum Gasteiger partial charge on any atom is -0.493 e. The van der Waals surface area contributed by atoms with E-state index in [1.807, 2.05) is 38.2 Å². The lowest BCUT2D eigenvalue weighted by Gasteiger charge is -2.19. The first kappa shape index (κ1) is 13.5. The van der Waals surface area contributed by atoms with Crippen LogP contribution in [0.3, 0.4) is 0 Å². The van der Waals surface area contributed by atoms with Crippen LogP contribution >= 0.6 is 0 Å². The Kier molecular flexibility index (Phi) is 4.12. The van der Waals surface area contributed by atoms with Crippen LogP contribution in [0.5, 0.6) is 11.5 Å². The van der Waals surface area contributed by atoms with Crippen LogP contribution in [0.4, 0.5) is 0 Å². The first-order valence-electron chi connectivity index (χ1n) is 6.14. The van der Waals surface area contributed by atoms with Crippen molar-refractivity contribution in [2.24, 2.45) is 0 Å². The highest BCUT2D eigenvalue weighted by atomic mass is 16.5. The summed E-state index contributed by atoms with van der Waals surface area (Å²) < 4.78 is 16.2. The van der Waals surface area contributed by atoms with Gasteiger partial charge in [0.2, 0.25) is 0 Å². The van der Waals surface area contributed by atoms with Crippen molar-refractivity contribution < 1.29 is 13.9 Å². The number of ether oxygens (including phenoxy) is 2. The Labute approximate surface area is 113 Å². The normalized spacial score (nSPS) is 12.2. The molecule has 4 heteroatoms. The van der Waals surface area contributed by atoms with Crippen LogP contribution in [0.1, 0.15) is 22.9 Å². The van der Waals surface area contributed by atoms with E-state index in [0.29, 0.717) is 0 Å². The number of hydrogen-bond donors (Lipinski definition) is 1. The average Bonchev–Trinajstić information content (AvgIpc) is 2.94. The van der Waals surface area contributed by atoms with Gasteiger partial charge in [0.05, 0.1) is 26.5 Å². The van der Waals surface area contributed by atoms with Crippen LogP contribution in [0.15, 0.2) is 34.9 Å². The van der Waals surface area contributed by atoms with E-state index in [2.05, 4.69) is 5.32 Å². The third-order valence-corrected chi connectivity index (χ3v) is 3.20. The lowest BCUT2D eigenvalue weighted by molar-refractivity contribution is 0.353. The van der Waals surface area contributed by atoms with Crippen molar-refractivity contribution in [3.8, 4) is 11.5 Å². The van der Waals surface area contributed by atoms with E-state index in [1.54, 1.807) is 20.5 Å². The smallest absolute Gasteiger partial charge is 0.161 e. The number of aryl methyl sites for hydroxylation is 1. The summed E-state index contributed by atoms with van der Waals surface area (Å²) >= 11 is 0. The molecule has 1 aromatic carbocycles. The first-order chi connectivity index (χ1) is 9.21. The number of furan rings is 1. The molecule has 1 N–H and O–H groups in total. The molecule has 0 amide bonds. The maximum atomic E-state index is 5.49. The molecule has 0 fully saturated rings. The van der Waals surface area contributed by atoms with E-state index in [9.17, 15) is 0 Å². The van der Waals surface area contributed by atoms with Crippen molar-refractivity contribution in [1.82, 2.24) is 5.32 Å². The van der Waals surface area contributed by atoms with Crippen LogP contribution in [-0.2, 0) is 0 Å². The molecule has 1 unspecified atom stereocenters. The summed E-state index contributed by atoms with van der Waals surface area (Å²) in [5, 5.41) is 3.26. The van der Waals surface area contributed by atoms with Gasteiger partial charge in [0.25, 0.3) is 0 Å². The molecule has 1 heterocycles. The monoisotopic (exact) mass is 261 g/mol. The molecule has 0 saturated carbocycles. The Morgan fingerprint density at radius 2 is 1.84 bits per heavy atom. The Hall–Kier alpha value is -1.94. The first-order valence-corrected chi connectivity index (χ1v) is 6.14. The van der Waals surface area contributed by atoms with Crippen LogP contribution in [0.25, 0.3) is 0 Å². The molecule has 0 bridgehead atoms. The molecule has 1 atom stereocenters. The maximum absolute atomic E-state index is 5.49. The Balaban J connectivity index is 2.48. The standard InChI is InChI=1S/C15H19NO3/c1-10-8-13(17-3)14(18-4)9-11(10)15(16-2)12-6-5-7-19-12/h5-9,15-16H,1-4H3. The second-order valence-corrected chi connectivity index (χ2v) is 4.30. The summed E-state index contributed by atoms with van der Waals surface area (Å²) in [6.07, 6.45) is 1.68. The summed E-state index contributed by atoms with van der Waals surface area (Å²) in [6, 6.07) is 7.79. The van der Waals surface area contributed by atoms with Crippen molar-refractivity contribution in [1.29, 1.82) is 0 Å². The summed E-state index contributed by atoms with van der Waals surface area (Å²) in [4.78, 5) is 0. The molecule has 4 nitrogen and oxygen atoms in total. The van der Waals surface area contributed by atoms with E-state index in [1.165, 1.54) is 0 Å². The van der Waals surface area contributed by atoms with Gasteiger partial charge in [0, 0.05) is 0 Å². The second-order valence-electron chi connectivity index (χ2n) is 4.30. The molecule has 0 spiro atoms. The van der Waals surface area contributed by atoms with Gasteiger partial charge in [0.15, 0.2) is 11.5 Å². The van der Waals surface area contributed by atoms with Crippen molar-refractivity contribution in [3.05, 3.63) is 47.4 Å². The Bertz CT molecular complexity index is 535. The van der Waals surface area contributed by atoms with E-state index in [0.717, 1.165) is 28.4 Å². The molecule has 0 saturated heterocycles. The van der Waals surface area contributed by atoms with Crippen LogP contribution in [0.2, 0.25) is 0 Å². The van der Waals surface area contributed by atoms with Gasteiger partial charge in [-0.1, -0.05) is 0 Å². The predicted octanol–water partition coefficient (Wildman–Crippen LogP) is 2.91. The van der Waals surface area contributed by atoms with E-state index < -0.39 is 0 Å². The number of rotatable bonds is 5. The molecular formula is C15H19NO3. The van der Waals surface area contributed by atoms with Gasteiger partial charge < -0.3 is 19.2 Å². The lowest BCUT2D eigenvalue weighted by atomic mass is 9.98. The number of benzene rings is 1. The Morgan fingerprint density at radius 3 is 2.37 bits per heavy atom. The van der Waals surface area contributed by atoms with Crippen molar-refractivity contribution in [2.45, 2.75) is 13.0 Å². The zero-order chi connectivity index (χ0) is 13.8. The molecule has 19 heavy (non-hydrogen) atoms. The van der Waals surface area contributed by atoms with Gasteiger partial charge in [-0.2, -0.15) is 0 Å². The highest BCUT2D eigenvalue weighted by molar-refractivity contribution is 5.49. The molecule has 0 aliphatic carbocycles. The fraction of sp³-hybridized carbons (Fsp3) is 0.333. The van der Waals surface area contributed by atoms with Crippen molar-refractivity contribution in [2.75, 3.05) is 21.3 Å². The predicted molar refractivity (Wildman–Crippen MR) is 73.9 cm³/mol. The van der Waals surface area contributed by atoms with Gasteiger partial charge in [-0.25, -0.2) is 0 Å². The maximum Gasteiger partial charge on any atom is 0.161 e. The van der Waals surface area contributed by atoms with E-state index in [4.69, 9.17) is 13.9 Å². The summed E-state index contributed by atoms with van der Waals surface area (Å²) in [5.41, 5.74) is 2.23. The minimum atomic E-state index is -0.00481. The Morgan fingerprint density at radius 1 is 1.16 bits per heavy atom. The molecule has 0 aliphatic rings. The molecule has 2 aromatic rings. The van der Waals surface area contributed by atoms with Gasteiger partial charge in [-0.05, 0) is 49.4 Å². The van der Waals surface area contributed by atoms with Crippen molar-refractivity contribution in [3.63, 3.8) is 0 Å². The van der Waals surface area contributed by atoms with Crippen LogP contribution < -0.4 is 14.8 Å². The molecule has 1 aromatic heterocycles. The second kappa shape index (κ2) is 5.80. The average molecular weight is 261 g/mol. The molecular weight excluding hydrogens is 242 g/mol. The number of methoxy groups -OCH3 is 2. The van der Waals surface area contributed by atoms with Gasteiger partial charge in [-0.15, -0.1) is 0 Å². The largest absolute Gasteiger partial charge is 0.493 e. The fourth-order valence-electron chi connectivity index (χ4n) is 2.21. The molecule has 0 radical (unpaired) electrons. The zero-order valence-corrected chi connectivity index (χ0v) is 11.7. The SMILES string of the molecule is CNC(c1ccco1)c1cc(OC)c(OC)cc1C. The highest BCUT2D eigenvalue weighted by Gasteiger charge is 2.19. The summed E-state index contributed by atoms with van der Waals surface area (Å²) in [7, 11) is 5.18.